The molecule has 0 aromatic heterocycles. The molecule has 23 heavy (non-hydrogen) atoms. The molecule has 0 aromatic carbocycles. The van der Waals surface area contributed by atoms with Crippen molar-refractivity contribution in [2.75, 3.05) is 27.2 Å². The smallest absolute Gasteiger partial charge is 0.0839 e. The predicted octanol–water partition coefficient (Wildman–Crippen LogP) is 6.62. The van der Waals surface area contributed by atoms with Gasteiger partial charge < -0.3 is 4.48 Å². The van der Waals surface area contributed by atoms with Gasteiger partial charge in [0, 0.05) is 11.3 Å². The maximum absolute atomic E-state index is 2.47. The van der Waals surface area contributed by atoms with Crippen molar-refractivity contribution in [1.82, 2.24) is 0 Å². The lowest BCUT2D eigenvalue weighted by Crippen LogP contribution is -2.53. The van der Waals surface area contributed by atoms with Gasteiger partial charge in [-0.05, 0) is 29.6 Å². The fourth-order valence-electron chi connectivity index (χ4n) is 4.04. The zero-order chi connectivity index (χ0) is 18.7. The molecule has 0 fully saturated rings. The number of hydrogen-bond acceptors (Lipinski definition) is 0. The molecule has 0 N–H and O–H groups in total. The molecule has 1 unspecified atom stereocenters. The molecule has 0 saturated heterocycles. The Balaban J connectivity index is 4.63. The van der Waals surface area contributed by atoms with E-state index in [9.17, 15) is 0 Å². The van der Waals surface area contributed by atoms with E-state index in [0.29, 0.717) is 22.2 Å². The quantitative estimate of drug-likeness (QED) is 0.417. The third-order valence-corrected chi connectivity index (χ3v) is 6.44. The van der Waals surface area contributed by atoms with Crippen LogP contribution >= 0.6 is 0 Å². The Morgan fingerprint density at radius 2 is 1.30 bits per heavy atom. The van der Waals surface area contributed by atoms with Crippen molar-refractivity contribution in [1.29, 1.82) is 0 Å². The van der Waals surface area contributed by atoms with Crippen LogP contribution in [-0.2, 0) is 0 Å². The summed E-state index contributed by atoms with van der Waals surface area (Å²) in [6, 6.07) is 0. The minimum atomic E-state index is 0.343. The molecule has 1 atom stereocenters. The zero-order valence-electron chi connectivity index (χ0n) is 18.6. The zero-order valence-corrected chi connectivity index (χ0v) is 18.6. The average Bonchev–Trinajstić information content (AvgIpc) is 2.23. The second-order valence-electron chi connectivity index (χ2n) is 11.6. The summed E-state index contributed by atoms with van der Waals surface area (Å²) in [5, 5.41) is 0. The molecule has 1 nitrogen and oxygen atoms in total. The van der Waals surface area contributed by atoms with Gasteiger partial charge in [-0.1, -0.05) is 75.7 Å². The van der Waals surface area contributed by atoms with E-state index in [0.717, 1.165) is 10.4 Å². The van der Waals surface area contributed by atoms with Crippen LogP contribution in [0.3, 0.4) is 0 Å². The summed E-state index contributed by atoms with van der Waals surface area (Å²) < 4.78 is 1.14. The Hall–Kier alpha value is -0.0400. The van der Waals surface area contributed by atoms with Gasteiger partial charge in [0.1, 0.15) is 0 Å². The van der Waals surface area contributed by atoms with Crippen LogP contribution < -0.4 is 0 Å². The van der Waals surface area contributed by atoms with E-state index >= 15 is 0 Å². The Bertz CT molecular complexity index is 341. The average molecular weight is 327 g/mol. The SMILES string of the molecule is CC(CCCC(C)(C)C)C[N+](C)(C)CC(C)(C)C(C)(C)C(C)C. The molecular weight excluding hydrogens is 278 g/mol. The van der Waals surface area contributed by atoms with E-state index in [-0.39, 0.29) is 0 Å². The van der Waals surface area contributed by atoms with Crippen LogP contribution in [0, 0.1) is 28.1 Å². The highest BCUT2D eigenvalue weighted by molar-refractivity contribution is 4.88. The predicted molar refractivity (Wildman–Crippen MR) is 107 cm³/mol. The summed E-state index contributed by atoms with van der Waals surface area (Å²) in [6.07, 6.45) is 4.08. The molecule has 0 aliphatic heterocycles. The van der Waals surface area contributed by atoms with Gasteiger partial charge in [-0.15, -0.1) is 0 Å². The van der Waals surface area contributed by atoms with Gasteiger partial charge in [-0.3, -0.25) is 0 Å². The minimum absolute atomic E-state index is 0.343. The van der Waals surface area contributed by atoms with E-state index in [4.69, 9.17) is 0 Å². The molecule has 0 aliphatic rings. The standard InChI is InChI=1S/C22H48N/c1-18(2)22(9,10)21(7,8)17-23(11,12)16-19(3)14-13-15-20(4,5)6/h18-19H,13-17H2,1-12H3/q+1. The van der Waals surface area contributed by atoms with Gasteiger partial charge in [0.15, 0.2) is 0 Å². The lowest BCUT2D eigenvalue weighted by Gasteiger charge is -2.49. The van der Waals surface area contributed by atoms with E-state index in [1.807, 2.05) is 0 Å². The molecule has 1 heteroatoms. The molecule has 0 radical (unpaired) electrons. The Kier molecular flexibility index (Phi) is 7.88. The first-order valence-electron chi connectivity index (χ1n) is 9.82. The summed E-state index contributed by atoms with van der Waals surface area (Å²) in [4.78, 5) is 0. The summed E-state index contributed by atoms with van der Waals surface area (Å²) in [6.45, 7) is 26.6. The van der Waals surface area contributed by atoms with Gasteiger partial charge in [0.25, 0.3) is 0 Å². The van der Waals surface area contributed by atoms with Gasteiger partial charge in [-0.25, -0.2) is 0 Å². The van der Waals surface area contributed by atoms with Crippen molar-refractivity contribution in [3.8, 4) is 0 Å². The molecule has 0 aliphatic carbocycles. The van der Waals surface area contributed by atoms with Crippen LogP contribution in [0.4, 0.5) is 0 Å². The Morgan fingerprint density at radius 1 is 0.826 bits per heavy atom. The number of quaternary nitrogens is 1. The monoisotopic (exact) mass is 326 g/mol. The molecule has 0 spiro atoms. The fourth-order valence-corrected chi connectivity index (χ4v) is 4.04. The second kappa shape index (κ2) is 7.89. The highest BCUT2D eigenvalue weighted by Gasteiger charge is 2.43. The summed E-state index contributed by atoms with van der Waals surface area (Å²) >= 11 is 0. The highest BCUT2D eigenvalue weighted by Crippen LogP contribution is 2.45. The van der Waals surface area contributed by atoms with Crippen LogP contribution in [0.1, 0.15) is 88.5 Å². The molecule has 0 saturated carbocycles. The fraction of sp³-hybridized carbons (Fsp3) is 1.00. The molecule has 0 bridgehead atoms. The number of hydrogen-bond donors (Lipinski definition) is 0. The van der Waals surface area contributed by atoms with Gasteiger partial charge in [0.05, 0.1) is 27.2 Å². The molecular formula is C22H48N+. The summed E-state index contributed by atoms with van der Waals surface area (Å²) in [5.41, 5.74) is 1.18. The maximum Gasteiger partial charge on any atom is 0.0839 e. The molecule has 0 rings (SSSR count). The van der Waals surface area contributed by atoms with Crippen LogP contribution in [0.2, 0.25) is 0 Å². The van der Waals surface area contributed by atoms with E-state index in [1.54, 1.807) is 0 Å². The summed E-state index contributed by atoms with van der Waals surface area (Å²) in [5.74, 6) is 1.52. The largest absolute Gasteiger partial charge is 0.328 e. The lowest BCUT2D eigenvalue weighted by atomic mass is 9.61. The maximum atomic E-state index is 2.47. The second-order valence-corrected chi connectivity index (χ2v) is 11.6. The minimum Gasteiger partial charge on any atom is -0.328 e. The molecule has 0 amide bonds. The topological polar surface area (TPSA) is 0 Å². The number of rotatable bonds is 9. The van der Waals surface area contributed by atoms with Gasteiger partial charge >= 0.3 is 0 Å². The van der Waals surface area contributed by atoms with Crippen molar-refractivity contribution >= 4 is 0 Å². The van der Waals surface area contributed by atoms with Crippen molar-refractivity contribution in [2.24, 2.45) is 28.1 Å². The lowest BCUT2D eigenvalue weighted by molar-refractivity contribution is -0.900. The third-order valence-electron chi connectivity index (χ3n) is 6.44. The molecule has 0 heterocycles. The van der Waals surface area contributed by atoms with Crippen LogP contribution in [0.25, 0.3) is 0 Å². The van der Waals surface area contributed by atoms with E-state index in [2.05, 4.69) is 83.3 Å². The van der Waals surface area contributed by atoms with Crippen molar-refractivity contribution in [3.05, 3.63) is 0 Å². The van der Waals surface area contributed by atoms with Crippen molar-refractivity contribution < 1.29 is 4.48 Å². The van der Waals surface area contributed by atoms with Gasteiger partial charge in [0.2, 0.25) is 0 Å². The highest BCUT2D eigenvalue weighted by atomic mass is 15.3. The first kappa shape index (κ1) is 23.0. The first-order chi connectivity index (χ1) is 10.0. The van der Waals surface area contributed by atoms with E-state index < -0.39 is 0 Å². The van der Waals surface area contributed by atoms with Crippen molar-refractivity contribution in [3.63, 3.8) is 0 Å². The van der Waals surface area contributed by atoms with E-state index in [1.165, 1.54) is 32.4 Å². The molecule has 0 aromatic rings. The molecule has 140 valence electrons. The summed E-state index contributed by atoms with van der Waals surface area (Å²) in [7, 11) is 4.86. The third kappa shape index (κ3) is 8.05. The van der Waals surface area contributed by atoms with Gasteiger partial charge in [-0.2, -0.15) is 0 Å². The normalized spacial score (nSPS) is 16.0. The van der Waals surface area contributed by atoms with Crippen LogP contribution in [-0.4, -0.2) is 31.7 Å². The first-order valence-corrected chi connectivity index (χ1v) is 9.82. The Labute approximate surface area is 148 Å². The Morgan fingerprint density at radius 3 is 1.70 bits per heavy atom. The van der Waals surface area contributed by atoms with Crippen LogP contribution in [0.5, 0.6) is 0 Å². The number of nitrogens with zero attached hydrogens (tertiary/aromatic N) is 1. The van der Waals surface area contributed by atoms with Crippen molar-refractivity contribution in [2.45, 2.75) is 88.5 Å². The van der Waals surface area contributed by atoms with Crippen LogP contribution in [0.15, 0.2) is 0 Å².